The van der Waals surface area contributed by atoms with Crippen molar-refractivity contribution in [3.63, 3.8) is 0 Å². The maximum Gasteiger partial charge on any atom is 0.309 e. The highest BCUT2D eigenvalue weighted by Crippen LogP contribution is 2.28. The third kappa shape index (κ3) is 3.78. The highest BCUT2D eigenvalue weighted by molar-refractivity contribution is 9.10. The minimum atomic E-state index is -1.18. The first-order chi connectivity index (χ1) is 8.47. The number of unbranched alkanes of at least 4 members (excludes halogenated alkanes) is 1. The van der Waals surface area contributed by atoms with Gasteiger partial charge in [0.25, 0.3) is 0 Å². The summed E-state index contributed by atoms with van der Waals surface area (Å²) in [6, 6.07) is 4.16. The summed E-state index contributed by atoms with van der Waals surface area (Å²) in [6.45, 7) is 1.95. The smallest absolute Gasteiger partial charge is 0.309 e. The lowest BCUT2D eigenvalue weighted by Crippen LogP contribution is -2.22. The fraction of sp³-hybridized carbons (Fsp3) is 0.462. The third-order valence-corrected chi connectivity index (χ3v) is 3.50. The minimum Gasteiger partial charge on any atom is -0.481 e. The van der Waals surface area contributed by atoms with Crippen LogP contribution in [0.2, 0.25) is 0 Å². The van der Waals surface area contributed by atoms with E-state index in [9.17, 15) is 14.3 Å². The summed E-state index contributed by atoms with van der Waals surface area (Å²) < 4.78 is 13.6. The van der Waals surface area contributed by atoms with E-state index < -0.39 is 23.8 Å². The van der Waals surface area contributed by atoms with Crippen molar-refractivity contribution in [3.05, 3.63) is 34.1 Å². The van der Waals surface area contributed by atoms with E-state index in [1.54, 1.807) is 0 Å². The molecule has 0 heterocycles. The molecule has 1 rings (SSSR count). The molecule has 0 aliphatic carbocycles. The molecule has 0 spiro atoms. The molecule has 0 bridgehead atoms. The Bertz CT molecular complexity index is 423. The molecule has 0 fully saturated rings. The maximum absolute atomic E-state index is 13.4. The number of carbonyl (C=O) groups is 1. The number of carboxylic acids is 1. The second kappa shape index (κ2) is 6.85. The van der Waals surface area contributed by atoms with Crippen molar-refractivity contribution >= 4 is 21.9 Å². The van der Waals surface area contributed by atoms with Gasteiger partial charge in [-0.2, -0.15) is 0 Å². The van der Waals surface area contributed by atoms with Crippen LogP contribution in [0.15, 0.2) is 22.7 Å². The summed E-state index contributed by atoms with van der Waals surface area (Å²) in [5.74, 6) is -2.46. The highest BCUT2D eigenvalue weighted by atomic mass is 79.9. The van der Waals surface area contributed by atoms with Crippen LogP contribution in [0.5, 0.6) is 0 Å². The Morgan fingerprint density at radius 2 is 2.17 bits per heavy atom. The quantitative estimate of drug-likeness (QED) is 0.843. The summed E-state index contributed by atoms with van der Waals surface area (Å²) in [6.07, 6.45) is 0.764. The van der Waals surface area contributed by atoms with Crippen molar-refractivity contribution in [1.29, 1.82) is 0 Å². The molecule has 0 radical (unpaired) electrons. The van der Waals surface area contributed by atoms with Crippen molar-refractivity contribution in [1.82, 2.24) is 0 Å². The number of aliphatic carboxylic acids is 1. The molecule has 3 nitrogen and oxygen atoms in total. The first-order valence-electron chi connectivity index (χ1n) is 5.83. The van der Waals surface area contributed by atoms with Crippen LogP contribution >= 0.6 is 15.9 Å². The second-order valence-electron chi connectivity index (χ2n) is 4.21. The molecule has 0 aromatic heterocycles. The van der Waals surface area contributed by atoms with Crippen LogP contribution in [0, 0.1) is 11.7 Å². The Kier molecular flexibility index (Phi) is 5.75. The van der Waals surface area contributed by atoms with E-state index in [2.05, 4.69) is 15.9 Å². The van der Waals surface area contributed by atoms with Gasteiger partial charge in [-0.3, -0.25) is 4.79 Å². The molecule has 0 amide bonds. The molecule has 5 heteroatoms. The molecule has 0 saturated carbocycles. The Labute approximate surface area is 114 Å². The fourth-order valence-corrected chi connectivity index (χ4v) is 2.02. The van der Waals surface area contributed by atoms with Crippen molar-refractivity contribution in [2.24, 2.45) is 5.92 Å². The van der Waals surface area contributed by atoms with Crippen molar-refractivity contribution in [2.45, 2.75) is 32.3 Å². The van der Waals surface area contributed by atoms with Gasteiger partial charge in [-0.15, -0.1) is 0 Å². The number of rotatable bonds is 6. The second-order valence-corrected chi connectivity index (χ2v) is 5.06. The molecule has 2 atom stereocenters. The number of hydrogen-bond acceptors (Lipinski definition) is 2. The predicted molar refractivity (Wildman–Crippen MR) is 69.7 cm³/mol. The Hall–Kier alpha value is -0.940. The van der Waals surface area contributed by atoms with Crippen LogP contribution in [-0.2, 0) is 4.79 Å². The van der Waals surface area contributed by atoms with Gasteiger partial charge in [-0.05, 0) is 40.0 Å². The zero-order valence-corrected chi connectivity index (χ0v) is 11.7. The van der Waals surface area contributed by atoms with Crippen LogP contribution in [0.25, 0.3) is 0 Å². The molecule has 0 aliphatic heterocycles. The first-order valence-corrected chi connectivity index (χ1v) is 6.62. The highest BCUT2D eigenvalue weighted by Gasteiger charge is 2.27. The molecular weight excluding hydrogens is 303 g/mol. The molecular formula is C13H16BrFO3. The number of hydrogen-bond donors (Lipinski definition) is 2. The average Bonchev–Trinajstić information content (AvgIpc) is 2.32. The van der Waals surface area contributed by atoms with Gasteiger partial charge in [0, 0.05) is 0 Å². The lowest BCUT2D eigenvalue weighted by Gasteiger charge is -2.19. The molecule has 2 N–H and O–H groups in total. The van der Waals surface area contributed by atoms with Crippen LogP contribution in [0.1, 0.15) is 37.9 Å². The van der Waals surface area contributed by atoms with Crippen LogP contribution in [0.3, 0.4) is 0 Å². The fourth-order valence-electron chi connectivity index (χ4n) is 1.77. The van der Waals surface area contributed by atoms with E-state index in [0.717, 1.165) is 12.5 Å². The molecule has 100 valence electrons. The van der Waals surface area contributed by atoms with Gasteiger partial charge in [0.2, 0.25) is 0 Å². The Morgan fingerprint density at radius 1 is 1.50 bits per heavy atom. The first kappa shape index (κ1) is 15.1. The van der Waals surface area contributed by atoms with Crippen molar-refractivity contribution < 1.29 is 19.4 Å². The topological polar surface area (TPSA) is 57.5 Å². The summed E-state index contributed by atoms with van der Waals surface area (Å²) in [7, 11) is 0. The number of aliphatic hydroxyl groups is 1. The van der Waals surface area contributed by atoms with Crippen LogP contribution in [-0.4, -0.2) is 16.2 Å². The molecule has 0 aliphatic rings. The standard InChI is InChI=1S/C13H16BrFO3/c1-2-3-4-9(13(17)18)12(16)8-5-6-10(14)11(15)7-8/h5-7,9,12,16H,2-4H2,1H3,(H,17,18). The zero-order chi connectivity index (χ0) is 13.7. The molecule has 18 heavy (non-hydrogen) atoms. The van der Waals surface area contributed by atoms with Crippen LogP contribution < -0.4 is 0 Å². The molecule has 0 saturated heterocycles. The largest absolute Gasteiger partial charge is 0.481 e. The monoisotopic (exact) mass is 318 g/mol. The van der Waals surface area contributed by atoms with Gasteiger partial charge in [0.05, 0.1) is 16.5 Å². The Morgan fingerprint density at radius 3 is 2.67 bits per heavy atom. The van der Waals surface area contributed by atoms with Crippen molar-refractivity contribution in [3.8, 4) is 0 Å². The van der Waals surface area contributed by atoms with Gasteiger partial charge in [0.1, 0.15) is 5.82 Å². The lowest BCUT2D eigenvalue weighted by molar-refractivity contribution is -0.146. The molecule has 2 unspecified atom stereocenters. The van der Waals surface area contributed by atoms with Gasteiger partial charge >= 0.3 is 5.97 Å². The molecule has 1 aromatic carbocycles. The summed E-state index contributed by atoms with van der Waals surface area (Å²) in [4.78, 5) is 11.1. The van der Waals surface area contributed by atoms with E-state index in [4.69, 9.17) is 5.11 Å². The SMILES string of the molecule is CCCCC(C(=O)O)C(O)c1ccc(Br)c(F)c1. The summed E-state index contributed by atoms with van der Waals surface area (Å²) in [5, 5.41) is 19.1. The van der Waals surface area contributed by atoms with E-state index in [1.807, 2.05) is 6.92 Å². The summed E-state index contributed by atoms with van der Waals surface area (Å²) >= 11 is 3.01. The Balaban J connectivity index is 2.90. The molecule has 1 aromatic rings. The number of aliphatic hydroxyl groups excluding tert-OH is 1. The van der Waals surface area contributed by atoms with Crippen LogP contribution in [0.4, 0.5) is 4.39 Å². The van der Waals surface area contributed by atoms with E-state index in [-0.39, 0.29) is 0 Å². The predicted octanol–water partition coefficient (Wildman–Crippen LogP) is 3.51. The van der Waals surface area contributed by atoms with Gasteiger partial charge < -0.3 is 10.2 Å². The zero-order valence-electron chi connectivity index (χ0n) is 10.1. The normalized spacial score (nSPS) is 14.2. The average molecular weight is 319 g/mol. The van der Waals surface area contributed by atoms with E-state index in [0.29, 0.717) is 22.9 Å². The van der Waals surface area contributed by atoms with Gasteiger partial charge in [-0.1, -0.05) is 25.8 Å². The number of halogens is 2. The third-order valence-electron chi connectivity index (χ3n) is 2.85. The maximum atomic E-state index is 13.4. The van der Waals surface area contributed by atoms with E-state index in [1.165, 1.54) is 12.1 Å². The summed E-state index contributed by atoms with van der Waals surface area (Å²) in [5.41, 5.74) is 0.291. The lowest BCUT2D eigenvalue weighted by atomic mass is 9.91. The van der Waals surface area contributed by atoms with Crippen molar-refractivity contribution in [2.75, 3.05) is 0 Å². The van der Waals surface area contributed by atoms with Gasteiger partial charge in [0.15, 0.2) is 0 Å². The minimum absolute atomic E-state index is 0.291. The number of benzene rings is 1. The van der Waals surface area contributed by atoms with E-state index >= 15 is 0 Å². The number of carboxylic acid groups (broad SMARTS) is 1. The van der Waals surface area contributed by atoms with Gasteiger partial charge in [-0.25, -0.2) is 4.39 Å².